The first kappa shape index (κ1) is 49.4. The van der Waals surface area contributed by atoms with Gasteiger partial charge in [0.05, 0.1) is 6.04 Å². The number of carbonyl (C=O) groups excluding carboxylic acids is 8. The third-order valence-corrected chi connectivity index (χ3v) is 9.18. The van der Waals surface area contributed by atoms with E-state index in [1.54, 1.807) is 41.5 Å². The highest BCUT2D eigenvalue weighted by Crippen LogP contribution is 2.26. The van der Waals surface area contributed by atoms with Crippen molar-refractivity contribution in [3.05, 3.63) is 0 Å². The number of amides is 7. The van der Waals surface area contributed by atoms with Crippen molar-refractivity contribution in [3.63, 3.8) is 0 Å². The molecular formula is C36H57N7O14. The van der Waals surface area contributed by atoms with Crippen LogP contribution in [0.4, 0.5) is 0 Å². The van der Waals surface area contributed by atoms with Crippen LogP contribution < -0.4 is 31.9 Å². The number of ketones is 1. The number of aliphatic carboxylic acids is 3. The fraction of sp³-hybridized carbons (Fsp3) is 0.694. The number of nitrogens with zero attached hydrogens (tertiary/aromatic N) is 1. The van der Waals surface area contributed by atoms with Gasteiger partial charge in [0.25, 0.3) is 5.91 Å². The first-order chi connectivity index (χ1) is 26.5. The Morgan fingerprint density at radius 1 is 0.649 bits per heavy atom. The van der Waals surface area contributed by atoms with Crippen LogP contribution in [-0.4, -0.2) is 135 Å². The van der Waals surface area contributed by atoms with Crippen molar-refractivity contribution < 1.29 is 68.1 Å². The number of hydrogen-bond acceptors (Lipinski definition) is 11. The summed E-state index contributed by atoms with van der Waals surface area (Å²) in [5, 5.41) is 41.5. The van der Waals surface area contributed by atoms with Crippen molar-refractivity contribution in [2.75, 3.05) is 13.1 Å². The second-order valence-electron chi connectivity index (χ2n) is 14.7. The predicted octanol–water partition coefficient (Wildman–Crippen LogP) is -1.72. The first-order valence-corrected chi connectivity index (χ1v) is 18.8. The number of likely N-dealkylation sites (tertiary alicyclic amines) is 1. The summed E-state index contributed by atoms with van der Waals surface area (Å²) in [7, 11) is 0. The Hall–Kier alpha value is -5.63. The molecule has 1 aliphatic rings. The Kier molecular flexibility index (Phi) is 20.3. The second-order valence-corrected chi connectivity index (χ2v) is 14.7. The molecule has 7 amide bonds. The normalized spacial score (nSPS) is 17.6. The van der Waals surface area contributed by atoms with Crippen LogP contribution in [0.15, 0.2) is 0 Å². The molecule has 1 rings (SSSR count). The van der Waals surface area contributed by atoms with Crippen molar-refractivity contribution in [2.45, 2.75) is 130 Å². The van der Waals surface area contributed by atoms with Gasteiger partial charge in [-0.3, -0.25) is 52.7 Å². The average molecular weight is 812 g/mol. The van der Waals surface area contributed by atoms with Crippen LogP contribution in [0.1, 0.15) is 93.4 Å². The predicted molar refractivity (Wildman–Crippen MR) is 199 cm³/mol. The number of carboxylic acid groups (broad SMARTS) is 3. The van der Waals surface area contributed by atoms with Gasteiger partial charge in [-0.25, -0.2) is 0 Å². The number of rotatable bonds is 24. The smallest absolute Gasteiger partial charge is 0.322 e. The zero-order valence-electron chi connectivity index (χ0n) is 33.3. The molecule has 21 heteroatoms. The molecule has 0 radical (unpaired) electrons. The molecule has 0 bridgehead atoms. The molecule has 21 nitrogen and oxygen atoms in total. The first-order valence-electron chi connectivity index (χ1n) is 18.8. The fourth-order valence-electron chi connectivity index (χ4n) is 6.12. The maximum absolute atomic E-state index is 14.1. The molecule has 1 fully saturated rings. The number of hydrogen-bond donors (Lipinski definition) is 9. The Morgan fingerprint density at radius 2 is 1.16 bits per heavy atom. The van der Waals surface area contributed by atoms with E-state index in [4.69, 9.17) is 10.2 Å². The molecule has 57 heavy (non-hydrogen) atoms. The van der Waals surface area contributed by atoms with Gasteiger partial charge < -0.3 is 52.1 Å². The summed E-state index contributed by atoms with van der Waals surface area (Å²) in [4.78, 5) is 140. The van der Waals surface area contributed by atoms with Crippen LogP contribution in [0.5, 0.6) is 0 Å². The van der Waals surface area contributed by atoms with Crippen molar-refractivity contribution >= 4 is 65.0 Å². The third-order valence-electron chi connectivity index (χ3n) is 9.18. The molecule has 0 aromatic carbocycles. The summed E-state index contributed by atoms with van der Waals surface area (Å²) < 4.78 is 0. The molecule has 0 aromatic rings. The van der Waals surface area contributed by atoms with Gasteiger partial charge in [-0.1, -0.05) is 48.0 Å². The van der Waals surface area contributed by atoms with Crippen LogP contribution in [0.3, 0.4) is 0 Å². The van der Waals surface area contributed by atoms with E-state index in [1.807, 2.05) is 5.32 Å². The number of carboxylic acids is 3. The SMILES string of the molecule is CCCC(NC(=O)C1C(C)CCN1C(=O)C(NC(=O)C(NC(=O)C(CCC(=O)O)NC(=O)C(CCC(=O)O)NC(C)=O)C(C)C)C(C)C)C(=O)C(=O)NCC(=O)O. The lowest BCUT2D eigenvalue weighted by molar-refractivity contribution is -0.145. The standard InChI is InChI=1S/C36H57N7O14/c1-8-9-21(30(51)35(56)37-16-26(49)50)39-34(55)29-19(6)14-15-43(29)36(57)28(18(4)5)42-33(54)27(17(2)3)41-32(53)23(11-13-25(47)48)40-31(52)22(38-20(7)44)10-12-24(45)46/h17-19,21-23,27-29H,8-16H2,1-7H3,(H,37,56)(H,38,44)(H,39,55)(H,40,52)(H,41,53)(H,42,54)(H,45,46)(H,47,48)(H,49,50). The molecule has 1 aliphatic heterocycles. The fourth-order valence-corrected chi connectivity index (χ4v) is 6.12. The number of Topliss-reactive ketones (excluding diaryl/α,β-unsaturated/α-hetero) is 1. The van der Waals surface area contributed by atoms with E-state index in [0.29, 0.717) is 12.8 Å². The molecule has 7 atom stereocenters. The third kappa shape index (κ3) is 16.2. The minimum atomic E-state index is -1.54. The molecule has 0 aliphatic carbocycles. The average Bonchev–Trinajstić information content (AvgIpc) is 3.51. The highest BCUT2D eigenvalue weighted by Gasteiger charge is 2.44. The zero-order valence-corrected chi connectivity index (χ0v) is 33.3. The van der Waals surface area contributed by atoms with Crippen LogP contribution in [-0.2, 0) is 52.7 Å². The summed E-state index contributed by atoms with van der Waals surface area (Å²) in [5.74, 6) is -12.6. The Bertz CT molecular complexity index is 1530. The maximum atomic E-state index is 14.1. The molecule has 0 spiro atoms. The van der Waals surface area contributed by atoms with E-state index in [-0.39, 0.29) is 19.4 Å². The second kappa shape index (κ2) is 23.4. The quantitative estimate of drug-likeness (QED) is 0.0490. The Morgan fingerprint density at radius 3 is 1.63 bits per heavy atom. The van der Waals surface area contributed by atoms with Gasteiger partial charge in [-0.05, 0) is 43.4 Å². The van der Waals surface area contributed by atoms with Crippen LogP contribution in [0.25, 0.3) is 0 Å². The van der Waals surface area contributed by atoms with Gasteiger partial charge in [0, 0.05) is 26.3 Å². The lowest BCUT2D eigenvalue weighted by Crippen LogP contribution is -2.61. The zero-order chi connectivity index (χ0) is 43.7. The minimum Gasteiger partial charge on any atom is -0.481 e. The van der Waals surface area contributed by atoms with Crippen LogP contribution in [0.2, 0.25) is 0 Å². The molecule has 0 aromatic heterocycles. The lowest BCUT2D eigenvalue weighted by atomic mass is 9.97. The van der Waals surface area contributed by atoms with E-state index in [2.05, 4.69) is 26.6 Å². The molecule has 1 heterocycles. The van der Waals surface area contributed by atoms with E-state index in [0.717, 1.165) is 6.92 Å². The van der Waals surface area contributed by atoms with Crippen molar-refractivity contribution in [3.8, 4) is 0 Å². The summed E-state index contributed by atoms with van der Waals surface area (Å²) in [6, 6.07) is -7.90. The molecule has 1 saturated heterocycles. The minimum absolute atomic E-state index is 0.0502. The van der Waals surface area contributed by atoms with E-state index in [1.165, 1.54) is 4.90 Å². The van der Waals surface area contributed by atoms with Gasteiger partial charge in [0.1, 0.15) is 36.8 Å². The van der Waals surface area contributed by atoms with E-state index >= 15 is 0 Å². The number of nitrogens with one attached hydrogen (secondary N) is 6. The summed E-state index contributed by atoms with van der Waals surface area (Å²) in [6.07, 6.45) is -1.07. The highest BCUT2D eigenvalue weighted by molar-refractivity contribution is 6.38. The monoisotopic (exact) mass is 811 g/mol. The largest absolute Gasteiger partial charge is 0.481 e. The summed E-state index contributed by atoms with van der Waals surface area (Å²) >= 11 is 0. The van der Waals surface area contributed by atoms with Crippen LogP contribution in [0, 0.1) is 17.8 Å². The van der Waals surface area contributed by atoms with Gasteiger partial charge in [-0.2, -0.15) is 0 Å². The Labute approximate surface area is 330 Å². The molecule has 9 N–H and O–H groups in total. The molecule has 0 saturated carbocycles. The Balaban J connectivity index is 3.28. The van der Waals surface area contributed by atoms with Crippen molar-refractivity contribution in [1.82, 2.24) is 36.8 Å². The van der Waals surface area contributed by atoms with E-state index in [9.17, 15) is 57.8 Å². The highest BCUT2D eigenvalue weighted by atomic mass is 16.4. The maximum Gasteiger partial charge on any atom is 0.322 e. The topological polar surface area (TPSA) is 324 Å². The van der Waals surface area contributed by atoms with Gasteiger partial charge in [-0.15, -0.1) is 0 Å². The van der Waals surface area contributed by atoms with Gasteiger partial charge >= 0.3 is 17.9 Å². The summed E-state index contributed by atoms with van der Waals surface area (Å²) in [6.45, 7) is 10.3. The van der Waals surface area contributed by atoms with Gasteiger partial charge in [0.15, 0.2) is 0 Å². The molecule has 7 unspecified atom stereocenters. The number of carbonyl (C=O) groups is 11. The van der Waals surface area contributed by atoms with Crippen molar-refractivity contribution in [1.29, 1.82) is 0 Å². The molecular weight excluding hydrogens is 754 g/mol. The summed E-state index contributed by atoms with van der Waals surface area (Å²) in [5.41, 5.74) is 0. The van der Waals surface area contributed by atoms with Crippen LogP contribution >= 0.6 is 0 Å². The van der Waals surface area contributed by atoms with Gasteiger partial charge in [0.2, 0.25) is 41.2 Å². The van der Waals surface area contributed by atoms with Crippen molar-refractivity contribution in [2.24, 2.45) is 17.8 Å². The lowest BCUT2D eigenvalue weighted by Gasteiger charge is -2.33. The van der Waals surface area contributed by atoms with E-state index < -0.39 is 145 Å². The molecule has 320 valence electrons.